The van der Waals surface area contributed by atoms with Crippen LogP contribution < -0.4 is 9.62 Å². The van der Waals surface area contributed by atoms with Gasteiger partial charge in [-0.2, -0.15) is 0 Å². The minimum Gasteiger partial charge on any atom is -0.303 e. The van der Waals surface area contributed by atoms with Crippen molar-refractivity contribution in [2.75, 3.05) is 9.62 Å². The first-order valence-electron chi connectivity index (χ1n) is 8.89. The van der Waals surface area contributed by atoms with Gasteiger partial charge in [0.1, 0.15) is 0 Å². The Morgan fingerprint density at radius 2 is 1.79 bits per heavy atom. The minimum absolute atomic E-state index is 0.0801. The van der Waals surface area contributed by atoms with E-state index in [9.17, 15) is 13.2 Å². The Balaban J connectivity index is 1.82. The number of nitrogens with one attached hydrogen (secondary N) is 1. The van der Waals surface area contributed by atoms with Gasteiger partial charge in [-0.25, -0.2) is 8.42 Å². The lowest BCUT2D eigenvalue weighted by atomic mass is 10.0. The van der Waals surface area contributed by atoms with Crippen LogP contribution in [0.25, 0.3) is 10.8 Å². The molecule has 0 saturated carbocycles. The number of nitrogens with zero attached hydrogens (tertiary/aromatic N) is 1. The Morgan fingerprint density at radius 1 is 1.07 bits per heavy atom. The van der Waals surface area contributed by atoms with Gasteiger partial charge in [0.05, 0.1) is 17.9 Å². The van der Waals surface area contributed by atoms with Crippen molar-refractivity contribution >= 4 is 38.1 Å². The van der Waals surface area contributed by atoms with Crippen molar-refractivity contribution in [1.29, 1.82) is 0 Å². The molecule has 28 heavy (non-hydrogen) atoms. The highest BCUT2D eigenvalue weighted by atomic mass is 32.2. The van der Waals surface area contributed by atoms with Crippen LogP contribution in [0.4, 0.5) is 11.4 Å². The molecule has 0 radical (unpaired) electrons. The van der Waals surface area contributed by atoms with Gasteiger partial charge in [0.2, 0.25) is 0 Å². The topological polar surface area (TPSA) is 66.5 Å². The Morgan fingerprint density at radius 3 is 2.46 bits per heavy atom. The molecule has 0 saturated heterocycles. The normalized spacial score (nSPS) is 13.2. The second-order valence-corrected chi connectivity index (χ2v) is 8.69. The Hall–Kier alpha value is -3.12. The first-order valence-corrected chi connectivity index (χ1v) is 10.4. The van der Waals surface area contributed by atoms with Crippen molar-refractivity contribution in [3.8, 4) is 0 Å². The Bertz CT molecular complexity index is 1230. The van der Waals surface area contributed by atoms with Crippen LogP contribution in [-0.4, -0.2) is 14.3 Å². The third-order valence-electron chi connectivity index (χ3n) is 4.88. The molecule has 3 aromatic rings. The van der Waals surface area contributed by atoms with E-state index in [-0.39, 0.29) is 5.91 Å². The molecule has 0 aromatic heterocycles. The summed E-state index contributed by atoms with van der Waals surface area (Å²) in [4.78, 5) is 14.8. The van der Waals surface area contributed by atoms with E-state index in [0.717, 1.165) is 33.2 Å². The number of rotatable bonds is 5. The zero-order valence-electron chi connectivity index (χ0n) is 15.7. The molecule has 4 rings (SSSR count). The zero-order valence-corrected chi connectivity index (χ0v) is 16.5. The van der Waals surface area contributed by atoms with Crippen LogP contribution in [-0.2, 0) is 16.6 Å². The van der Waals surface area contributed by atoms with Crippen molar-refractivity contribution in [2.24, 2.45) is 0 Å². The number of carbonyl (C=O) groups is 1. The third kappa shape index (κ3) is 3.05. The standard InChI is InChI=1S/C22H20N2O3S/c1-4-28(26,27)23-19-8-9-20-21-17(19)6-5-7-18(21)22(25)24(20)13-16-11-14(2)10-15(3)12-16/h4-12,23H,1,13H2,2-3H3. The summed E-state index contributed by atoms with van der Waals surface area (Å²) in [6, 6.07) is 15.1. The second-order valence-electron chi connectivity index (χ2n) is 7.06. The molecule has 5 nitrogen and oxygen atoms in total. The van der Waals surface area contributed by atoms with Crippen molar-refractivity contribution in [1.82, 2.24) is 0 Å². The predicted octanol–water partition coefficient (Wildman–Crippen LogP) is 4.50. The minimum atomic E-state index is -3.64. The number of hydrogen-bond donors (Lipinski definition) is 1. The molecule has 1 heterocycles. The van der Waals surface area contributed by atoms with Gasteiger partial charge >= 0.3 is 0 Å². The molecule has 1 aliphatic rings. The van der Waals surface area contributed by atoms with E-state index in [1.807, 2.05) is 19.9 Å². The first kappa shape index (κ1) is 18.3. The van der Waals surface area contributed by atoms with E-state index in [1.165, 1.54) is 0 Å². The summed E-state index contributed by atoms with van der Waals surface area (Å²) in [5, 5.41) is 2.33. The van der Waals surface area contributed by atoms with Crippen LogP contribution in [0.5, 0.6) is 0 Å². The van der Waals surface area contributed by atoms with Gasteiger partial charge in [0.25, 0.3) is 15.9 Å². The molecular formula is C22H20N2O3S. The number of sulfonamides is 1. The highest BCUT2D eigenvalue weighted by Crippen LogP contribution is 2.41. The van der Waals surface area contributed by atoms with Crippen LogP contribution in [0.1, 0.15) is 27.0 Å². The predicted molar refractivity (Wildman–Crippen MR) is 113 cm³/mol. The molecule has 0 unspecified atom stereocenters. The summed E-state index contributed by atoms with van der Waals surface area (Å²) < 4.78 is 26.4. The second kappa shape index (κ2) is 6.49. The van der Waals surface area contributed by atoms with E-state index in [1.54, 1.807) is 29.2 Å². The van der Waals surface area contributed by atoms with Crippen LogP contribution in [0.3, 0.4) is 0 Å². The van der Waals surface area contributed by atoms with Gasteiger partial charge < -0.3 is 4.90 Å². The number of carbonyl (C=O) groups excluding carboxylic acids is 1. The molecule has 0 aliphatic carbocycles. The third-order valence-corrected chi connectivity index (χ3v) is 5.82. The summed E-state index contributed by atoms with van der Waals surface area (Å²) in [5.41, 5.74) is 5.16. The lowest BCUT2D eigenvalue weighted by Gasteiger charge is -2.19. The van der Waals surface area contributed by atoms with Crippen molar-refractivity contribution < 1.29 is 13.2 Å². The zero-order chi connectivity index (χ0) is 20.1. The van der Waals surface area contributed by atoms with Gasteiger partial charge in [-0.1, -0.05) is 48.0 Å². The number of amides is 1. The molecule has 0 spiro atoms. The van der Waals surface area contributed by atoms with Crippen LogP contribution in [0, 0.1) is 13.8 Å². The largest absolute Gasteiger partial charge is 0.303 e. The number of anilines is 2. The van der Waals surface area contributed by atoms with E-state index in [0.29, 0.717) is 23.2 Å². The molecule has 142 valence electrons. The monoisotopic (exact) mass is 392 g/mol. The average molecular weight is 392 g/mol. The fourth-order valence-electron chi connectivity index (χ4n) is 3.83. The number of hydrogen-bond acceptors (Lipinski definition) is 3. The summed E-state index contributed by atoms with van der Waals surface area (Å²) in [6.07, 6.45) is 0. The van der Waals surface area contributed by atoms with Gasteiger partial charge in [-0.15, -0.1) is 0 Å². The molecule has 0 fully saturated rings. The molecule has 3 aromatic carbocycles. The van der Waals surface area contributed by atoms with Crippen molar-refractivity contribution in [3.63, 3.8) is 0 Å². The van der Waals surface area contributed by atoms with Crippen LogP contribution in [0.2, 0.25) is 0 Å². The summed E-state index contributed by atoms with van der Waals surface area (Å²) in [7, 11) is -3.64. The maximum atomic E-state index is 13.1. The van der Waals surface area contributed by atoms with Crippen molar-refractivity contribution in [3.05, 3.63) is 82.8 Å². The lowest BCUT2D eigenvalue weighted by molar-refractivity contribution is 0.0991. The van der Waals surface area contributed by atoms with E-state index in [4.69, 9.17) is 0 Å². The number of aryl methyl sites for hydroxylation is 2. The highest BCUT2D eigenvalue weighted by molar-refractivity contribution is 7.95. The summed E-state index contributed by atoms with van der Waals surface area (Å²) >= 11 is 0. The van der Waals surface area contributed by atoms with Gasteiger partial charge in [0.15, 0.2) is 0 Å². The maximum absolute atomic E-state index is 13.1. The first-order chi connectivity index (χ1) is 13.3. The van der Waals surface area contributed by atoms with Gasteiger partial charge in [-0.05, 0) is 37.6 Å². The van der Waals surface area contributed by atoms with Crippen LogP contribution in [0.15, 0.2) is 60.5 Å². The molecule has 1 N–H and O–H groups in total. The maximum Gasteiger partial charge on any atom is 0.259 e. The quantitative estimate of drug-likeness (QED) is 0.695. The molecule has 0 atom stereocenters. The van der Waals surface area contributed by atoms with E-state index < -0.39 is 10.0 Å². The fraction of sp³-hybridized carbons (Fsp3) is 0.136. The molecule has 0 bridgehead atoms. The lowest BCUT2D eigenvalue weighted by Crippen LogP contribution is -2.26. The Labute approximate surface area is 164 Å². The molecule has 6 heteroatoms. The molecule has 1 amide bonds. The fourth-order valence-corrected chi connectivity index (χ4v) is 4.40. The molecule has 1 aliphatic heterocycles. The average Bonchev–Trinajstić information content (AvgIpc) is 2.90. The molecular weight excluding hydrogens is 372 g/mol. The Kier molecular flexibility index (Phi) is 4.23. The van der Waals surface area contributed by atoms with Gasteiger partial charge in [0, 0.05) is 21.7 Å². The summed E-state index contributed by atoms with van der Waals surface area (Å²) in [5.74, 6) is -0.0801. The van der Waals surface area contributed by atoms with Gasteiger partial charge in [-0.3, -0.25) is 9.52 Å². The van der Waals surface area contributed by atoms with E-state index >= 15 is 0 Å². The van der Waals surface area contributed by atoms with Crippen molar-refractivity contribution in [2.45, 2.75) is 20.4 Å². The smallest absolute Gasteiger partial charge is 0.259 e. The van der Waals surface area contributed by atoms with E-state index in [2.05, 4.69) is 29.5 Å². The summed E-state index contributed by atoms with van der Waals surface area (Å²) in [6.45, 7) is 7.86. The SMILES string of the molecule is C=CS(=O)(=O)Nc1ccc2c3c(cccc13)C(=O)N2Cc1cc(C)cc(C)c1. The number of benzene rings is 3. The van der Waals surface area contributed by atoms with Crippen LogP contribution >= 0.6 is 0 Å². The highest BCUT2D eigenvalue weighted by Gasteiger charge is 2.30.